The fourth-order valence-corrected chi connectivity index (χ4v) is 1.88. The minimum atomic E-state index is -1.26. The molecule has 2 aromatic rings. The maximum atomic E-state index is 13.5. The highest BCUT2D eigenvalue weighted by molar-refractivity contribution is 5.87. The molecule has 2 N–H and O–H groups in total. The quantitative estimate of drug-likeness (QED) is 0.880. The van der Waals surface area contributed by atoms with E-state index in [1.165, 1.54) is 12.1 Å². The standard InChI is InChI=1S/C15H15FN2O2/c1-10(12-4-6-17-7-5-12)18-9-11-2-3-13(15(19)20)14(16)8-11/h2-8,10,18H,9H2,1H3,(H,19,20)/t10-/m0/s1. The summed E-state index contributed by atoms with van der Waals surface area (Å²) in [6.45, 7) is 2.46. The second-order valence-electron chi connectivity index (χ2n) is 4.50. The molecule has 0 radical (unpaired) electrons. The molecule has 1 aromatic carbocycles. The van der Waals surface area contributed by atoms with Crippen molar-refractivity contribution in [2.75, 3.05) is 0 Å². The zero-order valence-electron chi connectivity index (χ0n) is 11.0. The number of nitrogens with zero attached hydrogens (tertiary/aromatic N) is 1. The minimum Gasteiger partial charge on any atom is -0.478 e. The number of rotatable bonds is 5. The molecule has 0 spiro atoms. The second-order valence-corrected chi connectivity index (χ2v) is 4.50. The van der Waals surface area contributed by atoms with Gasteiger partial charge in [-0.25, -0.2) is 9.18 Å². The number of halogens is 1. The second kappa shape index (κ2) is 6.25. The summed E-state index contributed by atoms with van der Waals surface area (Å²) in [6.07, 6.45) is 3.43. The lowest BCUT2D eigenvalue weighted by Gasteiger charge is -2.14. The van der Waals surface area contributed by atoms with Gasteiger partial charge in [0.2, 0.25) is 0 Å². The van der Waals surface area contributed by atoms with Gasteiger partial charge in [-0.05, 0) is 42.3 Å². The molecule has 0 unspecified atom stereocenters. The van der Waals surface area contributed by atoms with Crippen LogP contribution in [-0.4, -0.2) is 16.1 Å². The summed E-state index contributed by atoms with van der Waals surface area (Å²) in [7, 11) is 0. The van der Waals surface area contributed by atoms with Crippen molar-refractivity contribution in [3.63, 3.8) is 0 Å². The number of nitrogens with one attached hydrogen (secondary N) is 1. The molecule has 0 fully saturated rings. The van der Waals surface area contributed by atoms with Crippen molar-refractivity contribution in [2.24, 2.45) is 0 Å². The van der Waals surface area contributed by atoms with Crippen LogP contribution in [0.15, 0.2) is 42.7 Å². The van der Waals surface area contributed by atoms with Crippen LogP contribution >= 0.6 is 0 Å². The van der Waals surface area contributed by atoms with Gasteiger partial charge in [0.15, 0.2) is 0 Å². The van der Waals surface area contributed by atoms with Crippen LogP contribution in [0.4, 0.5) is 4.39 Å². The van der Waals surface area contributed by atoms with Crippen molar-refractivity contribution in [3.8, 4) is 0 Å². The Labute approximate surface area is 116 Å². The molecule has 0 saturated carbocycles. The SMILES string of the molecule is C[C@H](NCc1ccc(C(=O)O)c(F)c1)c1ccncc1. The summed E-state index contributed by atoms with van der Waals surface area (Å²) in [4.78, 5) is 14.7. The van der Waals surface area contributed by atoms with E-state index in [1.54, 1.807) is 18.5 Å². The van der Waals surface area contributed by atoms with Crippen LogP contribution in [0.3, 0.4) is 0 Å². The van der Waals surface area contributed by atoms with Gasteiger partial charge in [-0.1, -0.05) is 6.07 Å². The lowest BCUT2D eigenvalue weighted by atomic mass is 10.1. The zero-order valence-corrected chi connectivity index (χ0v) is 11.0. The van der Waals surface area contributed by atoms with Gasteiger partial charge < -0.3 is 10.4 Å². The van der Waals surface area contributed by atoms with E-state index in [1.807, 2.05) is 19.1 Å². The molecular formula is C15H15FN2O2. The van der Waals surface area contributed by atoms with Crippen LogP contribution in [0.2, 0.25) is 0 Å². The van der Waals surface area contributed by atoms with Crippen LogP contribution in [-0.2, 0) is 6.54 Å². The number of aromatic carboxylic acids is 1. The Kier molecular flexibility index (Phi) is 4.42. The molecule has 1 atom stereocenters. The van der Waals surface area contributed by atoms with Gasteiger partial charge in [0.25, 0.3) is 0 Å². The van der Waals surface area contributed by atoms with Gasteiger partial charge in [0, 0.05) is 25.0 Å². The fraction of sp³-hybridized carbons (Fsp3) is 0.200. The number of hydrogen-bond acceptors (Lipinski definition) is 3. The van der Waals surface area contributed by atoms with Crippen molar-refractivity contribution >= 4 is 5.97 Å². The van der Waals surface area contributed by atoms with E-state index in [2.05, 4.69) is 10.3 Å². The van der Waals surface area contributed by atoms with Gasteiger partial charge in [0.05, 0.1) is 5.56 Å². The van der Waals surface area contributed by atoms with E-state index in [-0.39, 0.29) is 11.6 Å². The third-order valence-corrected chi connectivity index (χ3v) is 3.08. The maximum absolute atomic E-state index is 13.5. The number of benzene rings is 1. The molecular weight excluding hydrogens is 259 g/mol. The van der Waals surface area contributed by atoms with Crippen LogP contribution < -0.4 is 5.32 Å². The Morgan fingerprint density at radius 1 is 1.35 bits per heavy atom. The number of aromatic nitrogens is 1. The van der Waals surface area contributed by atoms with Crippen LogP contribution in [0.25, 0.3) is 0 Å². The highest BCUT2D eigenvalue weighted by atomic mass is 19.1. The average Bonchev–Trinajstić information content (AvgIpc) is 2.45. The molecule has 0 bridgehead atoms. The predicted octanol–water partition coefficient (Wildman–Crippen LogP) is 2.77. The van der Waals surface area contributed by atoms with Gasteiger partial charge in [-0.15, -0.1) is 0 Å². The van der Waals surface area contributed by atoms with Crippen molar-refractivity contribution in [3.05, 3.63) is 65.2 Å². The van der Waals surface area contributed by atoms with Gasteiger partial charge in [-0.2, -0.15) is 0 Å². The molecule has 4 nitrogen and oxygen atoms in total. The van der Waals surface area contributed by atoms with E-state index in [0.29, 0.717) is 12.1 Å². The Balaban J connectivity index is 2.01. The van der Waals surface area contributed by atoms with Crippen LogP contribution in [0, 0.1) is 5.82 Å². The Morgan fingerprint density at radius 3 is 2.65 bits per heavy atom. The molecule has 0 aliphatic carbocycles. The topological polar surface area (TPSA) is 62.2 Å². The van der Waals surface area contributed by atoms with Crippen molar-refractivity contribution in [1.82, 2.24) is 10.3 Å². The van der Waals surface area contributed by atoms with E-state index >= 15 is 0 Å². The molecule has 2 rings (SSSR count). The smallest absolute Gasteiger partial charge is 0.338 e. The molecule has 5 heteroatoms. The zero-order chi connectivity index (χ0) is 14.5. The molecule has 0 saturated heterocycles. The first-order valence-electron chi connectivity index (χ1n) is 6.23. The van der Waals surface area contributed by atoms with Gasteiger partial charge >= 0.3 is 5.97 Å². The molecule has 1 aromatic heterocycles. The monoisotopic (exact) mass is 274 g/mol. The lowest BCUT2D eigenvalue weighted by molar-refractivity contribution is 0.0692. The third kappa shape index (κ3) is 3.39. The predicted molar refractivity (Wildman–Crippen MR) is 72.9 cm³/mol. The van der Waals surface area contributed by atoms with Crippen molar-refractivity contribution in [2.45, 2.75) is 19.5 Å². The molecule has 1 heterocycles. The first-order chi connectivity index (χ1) is 9.58. The lowest BCUT2D eigenvalue weighted by Crippen LogP contribution is -2.18. The van der Waals surface area contributed by atoms with Crippen molar-refractivity contribution < 1.29 is 14.3 Å². The van der Waals surface area contributed by atoms with Gasteiger partial charge in [0.1, 0.15) is 5.82 Å². The Hall–Kier alpha value is -2.27. The summed E-state index contributed by atoms with van der Waals surface area (Å²) in [5, 5.41) is 12.0. The van der Waals surface area contributed by atoms with Crippen LogP contribution in [0.1, 0.15) is 34.5 Å². The third-order valence-electron chi connectivity index (χ3n) is 3.08. The first-order valence-corrected chi connectivity index (χ1v) is 6.23. The summed E-state index contributed by atoms with van der Waals surface area (Å²) in [6, 6.07) is 8.05. The summed E-state index contributed by atoms with van der Waals surface area (Å²) < 4.78 is 13.5. The minimum absolute atomic E-state index is 0.0974. The highest BCUT2D eigenvalue weighted by Gasteiger charge is 2.11. The summed E-state index contributed by atoms with van der Waals surface area (Å²) in [5.74, 6) is -1.97. The molecule has 0 amide bonds. The average molecular weight is 274 g/mol. The summed E-state index contributed by atoms with van der Waals surface area (Å²) >= 11 is 0. The van der Waals surface area contributed by atoms with Gasteiger partial charge in [-0.3, -0.25) is 4.98 Å². The Bertz CT molecular complexity index is 602. The number of carbonyl (C=O) groups is 1. The van der Waals surface area contributed by atoms with E-state index in [0.717, 1.165) is 5.56 Å². The normalized spacial score (nSPS) is 12.1. The molecule has 0 aliphatic rings. The number of carboxylic acid groups (broad SMARTS) is 1. The Morgan fingerprint density at radius 2 is 2.05 bits per heavy atom. The first kappa shape index (κ1) is 14.1. The molecule has 20 heavy (non-hydrogen) atoms. The summed E-state index contributed by atoms with van der Waals surface area (Å²) in [5.41, 5.74) is 1.48. The highest BCUT2D eigenvalue weighted by Crippen LogP contribution is 2.14. The number of carboxylic acids is 1. The maximum Gasteiger partial charge on any atom is 0.338 e. The largest absolute Gasteiger partial charge is 0.478 e. The molecule has 0 aliphatic heterocycles. The van der Waals surface area contributed by atoms with Crippen LogP contribution in [0.5, 0.6) is 0 Å². The fourth-order valence-electron chi connectivity index (χ4n) is 1.88. The van der Waals surface area contributed by atoms with E-state index < -0.39 is 11.8 Å². The van der Waals surface area contributed by atoms with E-state index in [9.17, 15) is 9.18 Å². The van der Waals surface area contributed by atoms with E-state index in [4.69, 9.17) is 5.11 Å². The number of hydrogen-bond donors (Lipinski definition) is 2. The number of pyridine rings is 1. The molecule has 104 valence electrons. The van der Waals surface area contributed by atoms with Crippen molar-refractivity contribution in [1.29, 1.82) is 0 Å².